The van der Waals surface area contributed by atoms with E-state index in [1.54, 1.807) is 5.32 Å². The average Bonchev–Trinajstić information content (AvgIpc) is 2.32. The molecule has 0 saturated carbocycles. The average molecular weight is 283 g/mol. The van der Waals surface area contributed by atoms with E-state index in [1.165, 1.54) is 6.92 Å². The summed E-state index contributed by atoms with van der Waals surface area (Å²) in [4.78, 5) is 22.5. The quantitative estimate of drug-likeness (QED) is 0.609. The lowest BCUT2D eigenvalue weighted by molar-refractivity contribution is -0.139. The van der Waals surface area contributed by atoms with Gasteiger partial charge in [-0.15, -0.1) is 0 Å². The number of amides is 2. The van der Waals surface area contributed by atoms with Gasteiger partial charge in [-0.25, -0.2) is 0 Å². The molecule has 1 atom stereocenters. The Morgan fingerprint density at radius 3 is 2.32 bits per heavy atom. The molecule has 0 aliphatic carbocycles. The summed E-state index contributed by atoms with van der Waals surface area (Å²) < 4.78 is 35.6. The highest BCUT2D eigenvalue weighted by atomic mass is 19.4. The van der Waals surface area contributed by atoms with E-state index in [0.717, 1.165) is 6.42 Å². The molecule has 0 heterocycles. The number of nitrogens with one attached hydrogen (secondary N) is 3. The molecule has 0 aromatic heterocycles. The first-order valence-corrected chi connectivity index (χ1v) is 6.10. The van der Waals surface area contributed by atoms with Crippen LogP contribution in [0.1, 0.15) is 26.7 Å². The summed E-state index contributed by atoms with van der Waals surface area (Å²) in [5.41, 5.74) is 0. The van der Waals surface area contributed by atoms with E-state index in [4.69, 9.17) is 0 Å². The summed E-state index contributed by atoms with van der Waals surface area (Å²) in [6.07, 6.45) is -3.41. The van der Waals surface area contributed by atoms with Crippen LogP contribution in [0.25, 0.3) is 0 Å². The maximum Gasteiger partial charge on any atom is 0.405 e. The lowest BCUT2D eigenvalue weighted by Crippen LogP contribution is -2.46. The second-order valence-corrected chi connectivity index (χ2v) is 4.11. The molecule has 0 radical (unpaired) electrons. The monoisotopic (exact) mass is 283 g/mol. The molecule has 0 aromatic rings. The number of carbonyl (C=O) groups is 2. The van der Waals surface area contributed by atoms with E-state index < -0.39 is 24.7 Å². The van der Waals surface area contributed by atoms with E-state index in [-0.39, 0.29) is 18.9 Å². The Bertz CT molecular complexity index is 295. The highest BCUT2D eigenvalue weighted by Crippen LogP contribution is 2.12. The van der Waals surface area contributed by atoms with Gasteiger partial charge in [0.2, 0.25) is 11.8 Å². The SMILES string of the molecule is CCCNC(=O)CCNC(C)C(=O)NCC(F)(F)F. The highest BCUT2D eigenvalue weighted by Gasteiger charge is 2.28. The van der Waals surface area contributed by atoms with Crippen LogP contribution in [0.5, 0.6) is 0 Å². The summed E-state index contributed by atoms with van der Waals surface area (Å²) in [7, 11) is 0. The third kappa shape index (κ3) is 10.3. The second-order valence-electron chi connectivity index (χ2n) is 4.11. The molecule has 0 rings (SSSR count). The van der Waals surface area contributed by atoms with E-state index in [1.807, 2.05) is 6.92 Å². The van der Waals surface area contributed by atoms with Crippen molar-refractivity contribution in [1.29, 1.82) is 0 Å². The minimum Gasteiger partial charge on any atom is -0.356 e. The van der Waals surface area contributed by atoms with Gasteiger partial charge in [-0.3, -0.25) is 9.59 Å². The van der Waals surface area contributed by atoms with E-state index in [2.05, 4.69) is 10.6 Å². The second kappa shape index (κ2) is 8.73. The van der Waals surface area contributed by atoms with Gasteiger partial charge >= 0.3 is 6.18 Å². The first-order chi connectivity index (χ1) is 8.76. The number of rotatable bonds is 8. The van der Waals surface area contributed by atoms with Gasteiger partial charge in [-0.2, -0.15) is 13.2 Å². The molecule has 0 saturated heterocycles. The maximum absolute atomic E-state index is 11.9. The van der Waals surface area contributed by atoms with Crippen LogP contribution in [0.3, 0.4) is 0 Å². The van der Waals surface area contributed by atoms with E-state index in [0.29, 0.717) is 6.54 Å². The molecular formula is C11H20F3N3O2. The van der Waals surface area contributed by atoms with Crippen LogP contribution >= 0.6 is 0 Å². The van der Waals surface area contributed by atoms with Gasteiger partial charge in [-0.05, 0) is 13.3 Å². The Balaban J connectivity index is 3.76. The lowest BCUT2D eigenvalue weighted by atomic mass is 10.3. The zero-order valence-electron chi connectivity index (χ0n) is 11.1. The normalized spacial score (nSPS) is 12.9. The topological polar surface area (TPSA) is 70.2 Å². The third-order valence-corrected chi connectivity index (χ3v) is 2.23. The summed E-state index contributed by atoms with van der Waals surface area (Å²) in [5, 5.41) is 7.11. The summed E-state index contributed by atoms with van der Waals surface area (Å²) in [5.74, 6) is -0.899. The van der Waals surface area contributed by atoms with Crippen LogP contribution in [0.15, 0.2) is 0 Å². The number of hydrogen-bond donors (Lipinski definition) is 3. The fourth-order valence-corrected chi connectivity index (χ4v) is 1.19. The summed E-state index contributed by atoms with van der Waals surface area (Å²) in [6.45, 7) is 2.83. The van der Waals surface area contributed by atoms with E-state index in [9.17, 15) is 22.8 Å². The standard InChI is InChI=1S/C11H20F3N3O2/c1-3-5-16-9(18)4-6-15-8(2)10(19)17-7-11(12,13)14/h8,15H,3-7H2,1-2H3,(H,16,18)(H,17,19). The van der Waals surface area contributed by atoms with Gasteiger partial charge in [0.1, 0.15) is 6.54 Å². The summed E-state index contributed by atoms with van der Waals surface area (Å²) in [6, 6.07) is -0.777. The molecule has 0 aliphatic rings. The fraction of sp³-hybridized carbons (Fsp3) is 0.818. The van der Waals surface area contributed by atoms with Crippen molar-refractivity contribution in [2.45, 2.75) is 38.9 Å². The van der Waals surface area contributed by atoms with E-state index >= 15 is 0 Å². The van der Waals surface area contributed by atoms with Gasteiger partial charge < -0.3 is 16.0 Å². The van der Waals surface area contributed by atoms with Crippen LogP contribution in [0.4, 0.5) is 13.2 Å². The minimum absolute atomic E-state index is 0.155. The van der Waals surface area contributed by atoms with Crippen LogP contribution in [0, 0.1) is 0 Å². The van der Waals surface area contributed by atoms with Crippen molar-refractivity contribution in [3.8, 4) is 0 Å². The van der Waals surface area contributed by atoms with Crippen molar-refractivity contribution in [2.24, 2.45) is 0 Å². The number of alkyl halides is 3. The van der Waals surface area contributed by atoms with Crippen LogP contribution in [-0.2, 0) is 9.59 Å². The van der Waals surface area contributed by atoms with Gasteiger partial charge in [-0.1, -0.05) is 6.92 Å². The minimum atomic E-state index is -4.42. The zero-order valence-corrected chi connectivity index (χ0v) is 11.1. The molecule has 8 heteroatoms. The van der Waals surface area contributed by atoms with Crippen molar-refractivity contribution < 1.29 is 22.8 Å². The molecule has 0 aliphatic heterocycles. The molecule has 19 heavy (non-hydrogen) atoms. The van der Waals surface area contributed by atoms with Gasteiger partial charge in [0.25, 0.3) is 0 Å². The predicted molar refractivity (Wildman–Crippen MR) is 64.4 cm³/mol. The smallest absolute Gasteiger partial charge is 0.356 e. The molecule has 3 N–H and O–H groups in total. The fourth-order valence-electron chi connectivity index (χ4n) is 1.19. The number of hydrogen-bond acceptors (Lipinski definition) is 3. The number of carbonyl (C=O) groups excluding carboxylic acids is 2. The van der Waals surface area contributed by atoms with Gasteiger partial charge in [0.15, 0.2) is 0 Å². The molecule has 5 nitrogen and oxygen atoms in total. The Kier molecular flexibility index (Phi) is 8.13. The first kappa shape index (κ1) is 17.7. The molecule has 0 spiro atoms. The molecule has 2 amide bonds. The van der Waals surface area contributed by atoms with Gasteiger partial charge in [0, 0.05) is 19.5 Å². The molecule has 0 aromatic carbocycles. The Hall–Kier alpha value is -1.31. The lowest BCUT2D eigenvalue weighted by Gasteiger charge is -2.14. The van der Waals surface area contributed by atoms with Crippen molar-refractivity contribution >= 4 is 11.8 Å². The van der Waals surface area contributed by atoms with Crippen LogP contribution in [0.2, 0.25) is 0 Å². The Morgan fingerprint density at radius 2 is 1.79 bits per heavy atom. The first-order valence-electron chi connectivity index (χ1n) is 6.10. The molecule has 1 unspecified atom stereocenters. The molecule has 0 bridgehead atoms. The predicted octanol–water partition coefficient (Wildman–Crippen LogP) is 0.559. The third-order valence-electron chi connectivity index (χ3n) is 2.23. The Morgan fingerprint density at radius 1 is 1.16 bits per heavy atom. The van der Waals surface area contributed by atoms with Crippen LogP contribution < -0.4 is 16.0 Å². The highest BCUT2D eigenvalue weighted by molar-refractivity contribution is 5.81. The van der Waals surface area contributed by atoms with Crippen molar-refractivity contribution in [1.82, 2.24) is 16.0 Å². The maximum atomic E-state index is 11.9. The molecule has 0 fully saturated rings. The van der Waals surface area contributed by atoms with Crippen LogP contribution in [-0.4, -0.2) is 43.7 Å². The van der Waals surface area contributed by atoms with Crippen molar-refractivity contribution in [3.05, 3.63) is 0 Å². The Labute approximate surface area is 110 Å². The zero-order chi connectivity index (χ0) is 14.9. The molecule has 112 valence electrons. The molecular weight excluding hydrogens is 263 g/mol. The largest absolute Gasteiger partial charge is 0.405 e. The van der Waals surface area contributed by atoms with Crippen molar-refractivity contribution in [3.63, 3.8) is 0 Å². The van der Waals surface area contributed by atoms with Gasteiger partial charge in [0.05, 0.1) is 6.04 Å². The number of halogens is 3. The summed E-state index contributed by atoms with van der Waals surface area (Å²) >= 11 is 0. The van der Waals surface area contributed by atoms with Crippen molar-refractivity contribution in [2.75, 3.05) is 19.6 Å².